The number of benzene rings is 1. The molecule has 3 rings (SSSR count). The molecule has 2 aromatic rings. The number of nitrogens with one attached hydrogen (secondary N) is 1. The minimum absolute atomic E-state index is 0.217. The first-order valence-corrected chi connectivity index (χ1v) is 10.00. The molecule has 0 unspecified atom stereocenters. The second kappa shape index (κ2) is 8.86. The van der Waals surface area contributed by atoms with Crippen molar-refractivity contribution >= 4 is 34.4 Å². The predicted molar refractivity (Wildman–Crippen MR) is 109 cm³/mol. The molecule has 1 aromatic heterocycles. The highest BCUT2D eigenvalue weighted by Crippen LogP contribution is 2.32. The summed E-state index contributed by atoms with van der Waals surface area (Å²) in [6.45, 7) is 3.79. The van der Waals surface area contributed by atoms with E-state index in [2.05, 4.69) is 5.32 Å². The van der Waals surface area contributed by atoms with Crippen LogP contribution in [-0.2, 0) is 9.59 Å². The highest BCUT2D eigenvalue weighted by atomic mass is 35.5. The summed E-state index contributed by atoms with van der Waals surface area (Å²) < 4.78 is 10.8. The van der Waals surface area contributed by atoms with Gasteiger partial charge >= 0.3 is 11.6 Å². The summed E-state index contributed by atoms with van der Waals surface area (Å²) in [5, 5.41) is 12.9. The highest BCUT2D eigenvalue weighted by Gasteiger charge is 2.26. The van der Waals surface area contributed by atoms with Crippen LogP contribution in [0, 0.1) is 25.7 Å². The zero-order valence-corrected chi connectivity index (χ0v) is 17.2. The highest BCUT2D eigenvalue weighted by molar-refractivity contribution is 6.32. The summed E-state index contributed by atoms with van der Waals surface area (Å²) in [6.07, 6.45) is 2.85. The quantitative estimate of drug-likeness (QED) is 0.692. The lowest BCUT2D eigenvalue weighted by Crippen LogP contribution is -2.35. The molecular formula is C21H24ClNO6. The SMILES string of the molecule is Cc1c(C)c2cc(Cl)c(OCC(=O)NCC3CCC(C(=O)O)CC3)cc2oc1=O. The van der Waals surface area contributed by atoms with Gasteiger partial charge in [-0.25, -0.2) is 4.79 Å². The van der Waals surface area contributed by atoms with Crippen LogP contribution in [0.4, 0.5) is 0 Å². The number of carboxylic acid groups (broad SMARTS) is 1. The van der Waals surface area contributed by atoms with Gasteiger partial charge in [0.2, 0.25) is 0 Å². The maximum atomic E-state index is 12.1. The van der Waals surface area contributed by atoms with Crippen LogP contribution in [0.2, 0.25) is 5.02 Å². The largest absolute Gasteiger partial charge is 0.482 e. The average molecular weight is 422 g/mol. The monoisotopic (exact) mass is 421 g/mol. The number of hydrogen-bond donors (Lipinski definition) is 2. The lowest BCUT2D eigenvalue weighted by atomic mass is 9.82. The van der Waals surface area contributed by atoms with E-state index in [9.17, 15) is 14.4 Å². The number of fused-ring (bicyclic) bond motifs is 1. The smallest absolute Gasteiger partial charge is 0.339 e. The molecule has 1 amide bonds. The fourth-order valence-corrected chi connectivity index (χ4v) is 3.84. The molecule has 1 aliphatic rings. The number of ether oxygens (including phenoxy) is 1. The third kappa shape index (κ3) is 4.90. The topological polar surface area (TPSA) is 106 Å². The van der Waals surface area contributed by atoms with Crippen LogP contribution < -0.4 is 15.7 Å². The van der Waals surface area contributed by atoms with Crippen molar-refractivity contribution in [3.63, 3.8) is 0 Å². The number of aliphatic carboxylic acids is 1. The molecule has 0 spiro atoms. The van der Waals surface area contributed by atoms with Crippen molar-refractivity contribution in [2.45, 2.75) is 39.5 Å². The van der Waals surface area contributed by atoms with E-state index < -0.39 is 11.6 Å². The van der Waals surface area contributed by atoms with Gasteiger partial charge in [-0.05, 0) is 57.1 Å². The van der Waals surface area contributed by atoms with Crippen LogP contribution in [0.3, 0.4) is 0 Å². The van der Waals surface area contributed by atoms with Crippen molar-refractivity contribution < 1.29 is 23.8 Å². The van der Waals surface area contributed by atoms with Crippen molar-refractivity contribution in [3.05, 3.63) is 38.7 Å². The van der Waals surface area contributed by atoms with Crippen molar-refractivity contribution in [1.82, 2.24) is 5.32 Å². The molecule has 1 heterocycles. The van der Waals surface area contributed by atoms with Gasteiger partial charge in [-0.15, -0.1) is 0 Å². The molecule has 1 fully saturated rings. The van der Waals surface area contributed by atoms with Gasteiger partial charge in [0.25, 0.3) is 5.91 Å². The Labute approximate surface area is 173 Å². The summed E-state index contributed by atoms with van der Waals surface area (Å²) in [5.74, 6) is -0.757. The number of amides is 1. The van der Waals surface area contributed by atoms with Crippen LogP contribution in [0.15, 0.2) is 21.3 Å². The summed E-state index contributed by atoms with van der Waals surface area (Å²) in [6, 6.07) is 3.18. The molecule has 29 heavy (non-hydrogen) atoms. The summed E-state index contributed by atoms with van der Waals surface area (Å²) in [5.41, 5.74) is 1.26. The molecule has 1 saturated carbocycles. The van der Waals surface area contributed by atoms with Crippen molar-refractivity contribution in [2.24, 2.45) is 11.8 Å². The lowest BCUT2D eigenvalue weighted by Gasteiger charge is -2.26. The minimum atomic E-state index is -0.741. The van der Waals surface area contributed by atoms with Gasteiger partial charge < -0.3 is 19.6 Å². The molecule has 8 heteroatoms. The molecule has 0 atom stereocenters. The number of hydrogen-bond acceptors (Lipinski definition) is 5. The Morgan fingerprint density at radius 3 is 2.55 bits per heavy atom. The van der Waals surface area contributed by atoms with E-state index in [1.165, 1.54) is 6.07 Å². The van der Waals surface area contributed by atoms with Gasteiger partial charge in [0.1, 0.15) is 11.3 Å². The Morgan fingerprint density at radius 2 is 1.90 bits per heavy atom. The van der Waals surface area contributed by atoms with E-state index in [1.807, 2.05) is 6.92 Å². The molecule has 0 saturated heterocycles. The van der Waals surface area contributed by atoms with Gasteiger partial charge in [-0.1, -0.05) is 11.6 Å². The normalized spacial score (nSPS) is 19.1. The number of carboxylic acids is 1. The predicted octanol–water partition coefficient (Wildman–Crippen LogP) is 3.45. The van der Waals surface area contributed by atoms with E-state index in [0.717, 1.165) is 23.8 Å². The molecule has 0 bridgehead atoms. The Balaban J connectivity index is 1.56. The Hall–Kier alpha value is -2.54. The Bertz CT molecular complexity index is 991. The second-order valence-corrected chi connectivity index (χ2v) is 7.97. The first kappa shape index (κ1) is 21.2. The van der Waals surface area contributed by atoms with Crippen molar-refractivity contribution in [3.8, 4) is 5.75 Å². The molecule has 0 radical (unpaired) electrons. The molecule has 1 aliphatic carbocycles. The third-order valence-corrected chi connectivity index (χ3v) is 5.95. The van der Waals surface area contributed by atoms with E-state index in [-0.39, 0.29) is 30.1 Å². The van der Waals surface area contributed by atoms with Crippen LogP contribution in [0.25, 0.3) is 11.0 Å². The van der Waals surface area contributed by atoms with Crippen molar-refractivity contribution in [1.29, 1.82) is 0 Å². The number of carbonyl (C=O) groups excluding carboxylic acids is 1. The molecule has 1 aromatic carbocycles. The average Bonchev–Trinajstić information content (AvgIpc) is 2.70. The number of halogens is 1. The maximum Gasteiger partial charge on any atom is 0.339 e. The summed E-state index contributed by atoms with van der Waals surface area (Å²) in [4.78, 5) is 35.0. The Kier molecular flexibility index (Phi) is 6.47. The second-order valence-electron chi connectivity index (χ2n) is 7.57. The van der Waals surface area contributed by atoms with E-state index in [1.54, 1.807) is 13.0 Å². The van der Waals surface area contributed by atoms with E-state index in [4.69, 9.17) is 25.9 Å². The summed E-state index contributed by atoms with van der Waals surface area (Å²) >= 11 is 6.26. The Morgan fingerprint density at radius 1 is 1.21 bits per heavy atom. The molecular weight excluding hydrogens is 398 g/mol. The zero-order chi connectivity index (χ0) is 21.1. The molecule has 156 valence electrons. The maximum absolute atomic E-state index is 12.1. The first-order valence-electron chi connectivity index (χ1n) is 9.62. The number of aryl methyl sites for hydroxylation is 1. The standard InChI is InChI=1S/C21H24ClNO6/c1-11-12(2)21(27)29-17-8-18(16(22)7-15(11)17)28-10-19(24)23-9-13-3-5-14(6-4-13)20(25)26/h7-8,13-14H,3-6,9-10H2,1-2H3,(H,23,24)(H,25,26). The van der Waals surface area contributed by atoms with Crippen LogP contribution in [0.5, 0.6) is 5.75 Å². The van der Waals surface area contributed by atoms with Gasteiger partial charge in [-0.2, -0.15) is 0 Å². The van der Waals surface area contributed by atoms with Crippen LogP contribution >= 0.6 is 11.6 Å². The minimum Gasteiger partial charge on any atom is -0.482 e. The summed E-state index contributed by atoms with van der Waals surface area (Å²) in [7, 11) is 0. The first-order chi connectivity index (χ1) is 13.8. The molecule has 0 aliphatic heterocycles. The molecule has 2 N–H and O–H groups in total. The van der Waals surface area contributed by atoms with Gasteiger partial charge in [0, 0.05) is 23.6 Å². The number of rotatable bonds is 6. The lowest BCUT2D eigenvalue weighted by molar-refractivity contribution is -0.143. The van der Waals surface area contributed by atoms with Crippen molar-refractivity contribution in [2.75, 3.05) is 13.2 Å². The number of carbonyl (C=O) groups is 2. The zero-order valence-electron chi connectivity index (χ0n) is 16.4. The fourth-order valence-electron chi connectivity index (χ4n) is 3.62. The van der Waals surface area contributed by atoms with Gasteiger partial charge in [-0.3, -0.25) is 9.59 Å². The third-order valence-electron chi connectivity index (χ3n) is 5.65. The van der Waals surface area contributed by atoms with Crippen LogP contribution in [-0.4, -0.2) is 30.1 Å². The fraction of sp³-hybridized carbons (Fsp3) is 0.476. The van der Waals surface area contributed by atoms with Gasteiger partial charge in [0.05, 0.1) is 10.9 Å². The van der Waals surface area contributed by atoms with Gasteiger partial charge in [0.15, 0.2) is 6.61 Å². The van der Waals surface area contributed by atoms with E-state index in [0.29, 0.717) is 35.6 Å². The van der Waals surface area contributed by atoms with Crippen LogP contribution in [0.1, 0.15) is 36.8 Å². The molecule has 7 nitrogen and oxygen atoms in total. The van der Waals surface area contributed by atoms with E-state index >= 15 is 0 Å².